The Morgan fingerprint density at radius 3 is 2.14 bits per heavy atom. The third-order valence-corrected chi connectivity index (χ3v) is 12.5. The molecule has 0 bridgehead atoms. The monoisotopic (exact) mass is 426 g/mol. The van der Waals surface area contributed by atoms with Gasteiger partial charge in [0.05, 0.1) is 24.7 Å². The van der Waals surface area contributed by atoms with Gasteiger partial charge in [0.2, 0.25) is 0 Å². The van der Waals surface area contributed by atoms with Crippen molar-refractivity contribution in [2.45, 2.75) is 110 Å². The van der Waals surface area contributed by atoms with E-state index in [1.807, 2.05) is 20.8 Å². The molecular formula is C23H42O5Si. The first-order valence-corrected chi connectivity index (χ1v) is 14.2. The van der Waals surface area contributed by atoms with E-state index in [0.717, 1.165) is 25.7 Å². The normalized spacial score (nSPS) is 35.0. The van der Waals surface area contributed by atoms with E-state index in [0.29, 0.717) is 13.2 Å². The Bertz CT molecular complexity index is 626. The number of hydrogen-bond acceptors (Lipinski definition) is 5. The summed E-state index contributed by atoms with van der Waals surface area (Å²) < 4.78 is 25.2. The summed E-state index contributed by atoms with van der Waals surface area (Å²) in [5.74, 6) is -0.441. The Labute approximate surface area is 178 Å². The van der Waals surface area contributed by atoms with Gasteiger partial charge in [-0.2, -0.15) is 0 Å². The predicted octanol–water partition coefficient (Wildman–Crippen LogP) is 5.29. The van der Waals surface area contributed by atoms with Crippen LogP contribution in [-0.4, -0.2) is 45.5 Å². The first-order valence-electron chi connectivity index (χ1n) is 11.3. The van der Waals surface area contributed by atoms with Gasteiger partial charge in [0.15, 0.2) is 14.1 Å². The summed E-state index contributed by atoms with van der Waals surface area (Å²) >= 11 is 0. The van der Waals surface area contributed by atoms with E-state index in [1.165, 1.54) is 0 Å². The number of ether oxygens (including phenoxy) is 3. The predicted molar refractivity (Wildman–Crippen MR) is 116 cm³/mol. The minimum atomic E-state index is -1.94. The zero-order valence-electron chi connectivity index (χ0n) is 20.0. The van der Waals surface area contributed by atoms with Crippen LogP contribution in [-0.2, 0) is 23.4 Å². The van der Waals surface area contributed by atoms with Crippen molar-refractivity contribution in [2.75, 3.05) is 13.2 Å². The second kappa shape index (κ2) is 7.32. The first kappa shape index (κ1) is 23.2. The standard InChI is InChI=1S/C23H42O5Si/c1-20(2,3)19(24)27-17-14-18(28-29(8,9)21(4,5)6)22(7)10-11-23(15-16(17)22)25-12-13-26-23/h16-18H,10-15H2,1-9H3/t16?,17?,18-,22-/m0/s1. The Balaban J connectivity index is 1.87. The summed E-state index contributed by atoms with van der Waals surface area (Å²) in [5.41, 5.74) is -0.541. The number of fused-ring (bicyclic) bond motifs is 1. The Morgan fingerprint density at radius 1 is 1.03 bits per heavy atom. The highest BCUT2D eigenvalue weighted by atomic mass is 28.4. The molecule has 0 amide bonds. The van der Waals surface area contributed by atoms with Crippen LogP contribution in [0.5, 0.6) is 0 Å². The van der Waals surface area contributed by atoms with Crippen LogP contribution in [0.1, 0.15) is 74.1 Å². The minimum absolute atomic E-state index is 0.0289. The molecule has 1 heterocycles. The lowest BCUT2D eigenvalue weighted by molar-refractivity contribution is -0.217. The number of carbonyl (C=O) groups excluding carboxylic acids is 1. The highest BCUT2D eigenvalue weighted by molar-refractivity contribution is 6.74. The van der Waals surface area contributed by atoms with Crippen molar-refractivity contribution in [3.8, 4) is 0 Å². The van der Waals surface area contributed by atoms with Gasteiger partial charge in [-0.3, -0.25) is 4.79 Å². The van der Waals surface area contributed by atoms with Crippen molar-refractivity contribution < 1.29 is 23.4 Å². The fourth-order valence-electron chi connectivity index (χ4n) is 4.83. The summed E-state index contributed by atoms with van der Waals surface area (Å²) in [6, 6.07) is 0. The van der Waals surface area contributed by atoms with Crippen molar-refractivity contribution in [2.24, 2.45) is 16.7 Å². The molecule has 0 aromatic carbocycles. The molecule has 2 saturated carbocycles. The molecule has 2 unspecified atom stereocenters. The fraction of sp³-hybridized carbons (Fsp3) is 0.957. The van der Waals surface area contributed by atoms with E-state index in [9.17, 15) is 4.79 Å². The molecule has 0 N–H and O–H groups in total. The molecule has 29 heavy (non-hydrogen) atoms. The van der Waals surface area contributed by atoms with Gasteiger partial charge in [0, 0.05) is 25.2 Å². The Hall–Kier alpha value is -0.433. The topological polar surface area (TPSA) is 54.0 Å². The number of carbonyl (C=O) groups is 1. The average molecular weight is 427 g/mol. The van der Waals surface area contributed by atoms with Gasteiger partial charge in [0.25, 0.3) is 0 Å². The molecule has 0 aromatic heterocycles. The molecule has 3 fully saturated rings. The van der Waals surface area contributed by atoms with E-state index in [-0.39, 0.29) is 34.5 Å². The molecule has 1 spiro atoms. The molecule has 1 aliphatic heterocycles. The van der Waals surface area contributed by atoms with Crippen molar-refractivity contribution >= 4 is 14.3 Å². The first-order chi connectivity index (χ1) is 13.1. The highest BCUT2D eigenvalue weighted by Gasteiger charge is 2.62. The van der Waals surface area contributed by atoms with Crippen LogP contribution in [0.15, 0.2) is 0 Å². The lowest BCUT2D eigenvalue weighted by Crippen LogP contribution is -2.52. The number of rotatable bonds is 3. The van der Waals surface area contributed by atoms with Crippen LogP contribution in [0, 0.1) is 16.7 Å². The summed E-state index contributed by atoms with van der Waals surface area (Å²) in [7, 11) is -1.94. The molecule has 0 radical (unpaired) electrons. The van der Waals surface area contributed by atoms with Gasteiger partial charge in [0.1, 0.15) is 6.10 Å². The maximum Gasteiger partial charge on any atom is 0.311 e. The average Bonchev–Trinajstić information content (AvgIpc) is 3.11. The van der Waals surface area contributed by atoms with Crippen molar-refractivity contribution in [3.63, 3.8) is 0 Å². The van der Waals surface area contributed by atoms with E-state index in [1.54, 1.807) is 0 Å². The summed E-state index contributed by atoms with van der Waals surface area (Å²) in [6.45, 7) is 20.8. The molecule has 6 heteroatoms. The number of hydrogen-bond donors (Lipinski definition) is 0. The van der Waals surface area contributed by atoms with Crippen molar-refractivity contribution in [3.05, 3.63) is 0 Å². The quantitative estimate of drug-likeness (QED) is 0.453. The molecule has 2 aliphatic carbocycles. The maximum absolute atomic E-state index is 12.7. The van der Waals surface area contributed by atoms with E-state index >= 15 is 0 Å². The lowest BCUT2D eigenvalue weighted by atomic mass is 9.66. The minimum Gasteiger partial charge on any atom is -0.462 e. The molecule has 0 aromatic rings. The highest BCUT2D eigenvalue weighted by Crippen LogP contribution is 2.59. The van der Waals surface area contributed by atoms with Gasteiger partial charge in [-0.25, -0.2) is 0 Å². The number of esters is 1. The lowest BCUT2D eigenvalue weighted by Gasteiger charge is -2.49. The SMILES string of the molecule is CC(C)(C)C(=O)OC1C[C@H](O[Si](C)(C)C(C)(C)C)[C@@]2(C)CCC3(CC12)OCCO3. The van der Waals surface area contributed by atoms with Gasteiger partial charge in [-0.1, -0.05) is 27.7 Å². The van der Waals surface area contributed by atoms with Crippen LogP contribution in [0.3, 0.4) is 0 Å². The molecule has 3 aliphatic rings. The second-order valence-corrected chi connectivity index (χ2v) is 17.0. The van der Waals surface area contributed by atoms with Gasteiger partial charge in [-0.15, -0.1) is 0 Å². The summed E-state index contributed by atoms with van der Waals surface area (Å²) in [4.78, 5) is 12.7. The van der Waals surface area contributed by atoms with Gasteiger partial charge in [-0.05, 0) is 50.7 Å². The second-order valence-electron chi connectivity index (χ2n) is 12.2. The summed E-state index contributed by atoms with van der Waals surface area (Å²) in [6.07, 6.45) is 3.36. The maximum atomic E-state index is 12.7. The third-order valence-electron chi connectivity index (χ3n) is 7.98. The Kier molecular flexibility index (Phi) is 5.86. The molecule has 5 nitrogen and oxygen atoms in total. The molecule has 1 saturated heterocycles. The van der Waals surface area contributed by atoms with E-state index < -0.39 is 19.5 Å². The van der Waals surface area contributed by atoms with Gasteiger partial charge < -0.3 is 18.6 Å². The van der Waals surface area contributed by atoms with Crippen molar-refractivity contribution in [1.29, 1.82) is 0 Å². The van der Waals surface area contributed by atoms with E-state index in [4.69, 9.17) is 18.6 Å². The largest absolute Gasteiger partial charge is 0.462 e. The van der Waals surface area contributed by atoms with Crippen molar-refractivity contribution in [1.82, 2.24) is 0 Å². The van der Waals surface area contributed by atoms with Crippen LogP contribution < -0.4 is 0 Å². The molecule has 3 rings (SSSR count). The zero-order valence-corrected chi connectivity index (χ0v) is 21.0. The summed E-state index contributed by atoms with van der Waals surface area (Å²) in [5, 5.41) is 0.145. The van der Waals surface area contributed by atoms with Crippen LogP contribution in [0.2, 0.25) is 18.1 Å². The smallest absolute Gasteiger partial charge is 0.311 e. The molecule has 168 valence electrons. The molecular weight excluding hydrogens is 384 g/mol. The third kappa shape index (κ3) is 4.32. The van der Waals surface area contributed by atoms with E-state index in [2.05, 4.69) is 40.8 Å². The van der Waals surface area contributed by atoms with Crippen LogP contribution >= 0.6 is 0 Å². The van der Waals surface area contributed by atoms with Gasteiger partial charge >= 0.3 is 5.97 Å². The zero-order chi connectivity index (χ0) is 21.9. The fourth-order valence-corrected chi connectivity index (χ4v) is 6.26. The molecule has 4 atom stereocenters. The Morgan fingerprint density at radius 2 is 1.62 bits per heavy atom. The van der Waals surface area contributed by atoms with Crippen LogP contribution in [0.25, 0.3) is 0 Å². The van der Waals surface area contributed by atoms with Crippen LogP contribution in [0.4, 0.5) is 0 Å².